The smallest absolute Gasteiger partial charge is 0.334 e. The predicted molar refractivity (Wildman–Crippen MR) is 123 cm³/mol. The Balaban J connectivity index is 1.74. The SMILES string of the molecule is Cc1cccc2c1C1N(C=C2)C(C(=O)Oc2ccccc2)C(c2cccc(F)c2)C1(C#N)C#N. The average molecular weight is 449 g/mol. The number of nitrogens with zero attached hydrogens (tertiary/aromatic N) is 3. The number of hydrogen-bond acceptors (Lipinski definition) is 5. The molecule has 166 valence electrons. The minimum atomic E-state index is -1.67. The van der Waals surface area contributed by atoms with Gasteiger partial charge in [-0.15, -0.1) is 0 Å². The third-order valence-corrected chi connectivity index (χ3v) is 6.70. The van der Waals surface area contributed by atoms with Gasteiger partial charge in [0.2, 0.25) is 0 Å². The molecule has 3 aromatic rings. The Bertz CT molecular complexity index is 1370. The van der Waals surface area contributed by atoms with E-state index in [9.17, 15) is 19.7 Å². The monoisotopic (exact) mass is 449 g/mol. The molecular formula is C28H20FN3O2. The number of esters is 1. The second kappa shape index (κ2) is 8.17. The molecule has 0 bridgehead atoms. The fourth-order valence-electron chi connectivity index (χ4n) is 5.29. The number of nitriles is 2. The molecule has 2 heterocycles. The molecule has 1 saturated heterocycles. The average Bonchev–Trinajstić information content (AvgIpc) is 3.15. The van der Waals surface area contributed by atoms with E-state index in [0.717, 1.165) is 16.7 Å². The van der Waals surface area contributed by atoms with Crippen molar-refractivity contribution in [3.05, 3.63) is 107 Å². The first-order valence-electron chi connectivity index (χ1n) is 10.9. The molecule has 0 aliphatic carbocycles. The second-order valence-corrected chi connectivity index (χ2v) is 8.55. The van der Waals surface area contributed by atoms with Crippen LogP contribution in [0.1, 0.15) is 34.2 Å². The molecular weight excluding hydrogens is 429 g/mol. The number of rotatable bonds is 3. The van der Waals surface area contributed by atoms with Crippen molar-refractivity contribution in [2.45, 2.75) is 24.9 Å². The number of aryl methyl sites for hydroxylation is 1. The van der Waals surface area contributed by atoms with Crippen molar-refractivity contribution < 1.29 is 13.9 Å². The van der Waals surface area contributed by atoms with Crippen LogP contribution in [0.4, 0.5) is 4.39 Å². The van der Waals surface area contributed by atoms with Crippen LogP contribution in [0.25, 0.3) is 6.08 Å². The largest absolute Gasteiger partial charge is 0.425 e. The van der Waals surface area contributed by atoms with E-state index in [1.165, 1.54) is 18.2 Å². The quantitative estimate of drug-likeness (QED) is 0.402. The van der Waals surface area contributed by atoms with Crippen LogP contribution in [0, 0.1) is 40.8 Å². The summed E-state index contributed by atoms with van der Waals surface area (Å²) in [5.41, 5.74) is 1.33. The standard InChI is InChI=1S/C28H20FN3O2/c1-18-7-5-8-19-13-14-32-25(27(33)34-22-11-3-2-4-12-22)24(20-9-6-10-21(29)15-20)28(16-30,17-31)26(32)23(18)19/h2-15,24-26H,1H3. The lowest BCUT2D eigenvalue weighted by Gasteiger charge is -2.35. The van der Waals surface area contributed by atoms with Crippen LogP contribution in [0.15, 0.2) is 79.0 Å². The first kappa shape index (κ1) is 21.4. The summed E-state index contributed by atoms with van der Waals surface area (Å²) < 4.78 is 20.0. The zero-order valence-corrected chi connectivity index (χ0v) is 18.4. The molecule has 2 aliphatic heterocycles. The van der Waals surface area contributed by atoms with Gasteiger partial charge in [0.05, 0.1) is 18.2 Å². The Morgan fingerprint density at radius 2 is 1.76 bits per heavy atom. The fraction of sp³-hybridized carbons (Fsp3) is 0.179. The maximum atomic E-state index is 14.3. The van der Waals surface area contributed by atoms with Crippen molar-refractivity contribution in [3.63, 3.8) is 0 Å². The van der Waals surface area contributed by atoms with Gasteiger partial charge < -0.3 is 9.64 Å². The number of carbonyl (C=O) groups excluding carboxylic acids is 1. The van der Waals surface area contributed by atoms with Gasteiger partial charge in [-0.2, -0.15) is 10.5 Å². The molecule has 0 spiro atoms. The lowest BCUT2D eigenvalue weighted by atomic mass is 9.67. The van der Waals surface area contributed by atoms with E-state index in [1.54, 1.807) is 41.4 Å². The molecule has 0 amide bonds. The van der Waals surface area contributed by atoms with Crippen molar-refractivity contribution in [1.29, 1.82) is 10.5 Å². The summed E-state index contributed by atoms with van der Waals surface area (Å²) in [6.07, 6.45) is 3.61. The Morgan fingerprint density at radius 1 is 1.03 bits per heavy atom. The van der Waals surface area contributed by atoms with E-state index < -0.39 is 35.2 Å². The summed E-state index contributed by atoms with van der Waals surface area (Å²) >= 11 is 0. The molecule has 0 N–H and O–H groups in total. The fourth-order valence-corrected chi connectivity index (χ4v) is 5.29. The van der Waals surface area contributed by atoms with Gasteiger partial charge in [0.25, 0.3) is 0 Å². The zero-order chi connectivity index (χ0) is 23.9. The first-order valence-corrected chi connectivity index (χ1v) is 10.9. The predicted octanol–water partition coefficient (Wildman–Crippen LogP) is 5.27. The second-order valence-electron chi connectivity index (χ2n) is 8.55. The van der Waals surface area contributed by atoms with Gasteiger partial charge >= 0.3 is 5.97 Å². The third-order valence-electron chi connectivity index (χ3n) is 6.70. The van der Waals surface area contributed by atoms with Crippen LogP contribution in [0.5, 0.6) is 5.75 Å². The van der Waals surface area contributed by atoms with Gasteiger partial charge in [-0.25, -0.2) is 9.18 Å². The number of fused-ring (bicyclic) bond motifs is 3. The Hall–Kier alpha value is -4.42. The third kappa shape index (κ3) is 3.16. The summed E-state index contributed by atoms with van der Waals surface area (Å²) in [5, 5.41) is 21.0. The molecule has 0 aromatic heterocycles. The van der Waals surface area contributed by atoms with Gasteiger partial charge in [0.15, 0.2) is 5.41 Å². The summed E-state index contributed by atoms with van der Waals surface area (Å²) in [6, 6.07) is 22.9. The first-order chi connectivity index (χ1) is 16.5. The number of halogens is 1. The van der Waals surface area contributed by atoms with Crippen molar-refractivity contribution in [1.82, 2.24) is 4.90 Å². The van der Waals surface area contributed by atoms with Crippen molar-refractivity contribution in [2.75, 3.05) is 0 Å². The minimum Gasteiger partial charge on any atom is -0.425 e. The summed E-state index contributed by atoms with van der Waals surface area (Å²) in [4.78, 5) is 15.4. The van der Waals surface area contributed by atoms with E-state index >= 15 is 0 Å². The van der Waals surface area contributed by atoms with Crippen molar-refractivity contribution >= 4 is 12.0 Å². The molecule has 0 radical (unpaired) electrons. The molecule has 3 unspecified atom stereocenters. The molecule has 1 fully saturated rings. The van der Waals surface area contributed by atoms with E-state index in [-0.39, 0.29) is 0 Å². The van der Waals surface area contributed by atoms with E-state index in [1.807, 2.05) is 37.3 Å². The van der Waals surface area contributed by atoms with Gasteiger partial charge in [-0.1, -0.05) is 48.5 Å². The van der Waals surface area contributed by atoms with Crippen LogP contribution in [0.2, 0.25) is 0 Å². The number of benzene rings is 3. The molecule has 5 rings (SSSR count). The van der Waals surface area contributed by atoms with Gasteiger partial charge in [-0.3, -0.25) is 0 Å². The number of ether oxygens (including phenoxy) is 1. The van der Waals surface area contributed by atoms with E-state index in [4.69, 9.17) is 4.74 Å². The Morgan fingerprint density at radius 3 is 2.47 bits per heavy atom. The van der Waals surface area contributed by atoms with Crippen molar-refractivity contribution in [3.8, 4) is 17.9 Å². The topological polar surface area (TPSA) is 77.1 Å². The maximum absolute atomic E-state index is 14.3. The molecule has 34 heavy (non-hydrogen) atoms. The molecule has 6 heteroatoms. The maximum Gasteiger partial charge on any atom is 0.334 e. The van der Waals surface area contributed by atoms with Crippen molar-refractivity contribution in [2.24, 2.45) is 5.41 Å². The highest BCUT2D eigenvalue weighted by Gasteiger charge is 2.64. The normalized spacial score (nSPS) is 21.6. The minimum absolute atomic E-state index is 0.353. The highest BCUT2D eigenvalue weighted by atomic mass is 19.1. The van der Waals surface area contributed by atoms with Crippen LogP contribution in [-0.2, 0) is 4.79 Å². The molecule has 3 atom stereocenters. The molecule has 0 saturated carbocycles. The molecule has 5 nitrogen and oxygen atoms in total. The highest BCUT2D eigenvalue weighted by Crippen LogP contribution is 2.60. The van der Waals surface area contributed by atoms with E-state index in [2.05, 4.69) is 12.1 Å². The number of hydrogen-bond donors (Lipinski definition) is 0. The van der Waals surface area contributed by atoms with E-state index in [0.29, 0.717) is 11.3 Å². The van der Waals surface area contributed by atoms with Gasteiger partial charge in [0, 0.05) is 12.1 Å². The lowest BCUT2D eigenvalue weighted by molar-refractivity contribution is -0.139. The Kier molecular flexibility index (Phi) is 5.15. The number of para-hydroxylation sites is 1. The molecule has 2 aliphatic rings. The van der Waals surface area contributed by atoms with Gasteiger partial charge in [-0.05, 0) is 59.5 Å². The summed E-state index contributed by atoms with van der Waals surface area (Å²) in [7, 11) is 0. The van der Waals surface area contributed by atoms with Crippen LogP contribution in [0.3, 0.4) is 0 Å². The summed E-state index contributed by atoms with van der Waals surface area (Å²) in [6.45, 7) is 1.92. The van der Waals surface area contributed by atoms with Crippen LogP contribution >= 0.6 is 0 Å². The highest BCUT2D eigenvalue weighted by molar-refractivity contribution is 5.82. The van der Waals surface area contributed by atoms with Crippen LogP contribution < -0.4 is 4.74 Å². The summed E-state index contributed by atoms with van der Waals surface area (Å²) in [5.74, 6) is -1.71. The zero-order valence-electron chi connectivity index (χ0n) is 18.4. The lowest BCUT2D eigenvalue weighted by Crippen LogP contribution is -2.40. The van der Waals surface area contributed by atoms with Crippen LogP contribution in [-0.4, -0.2) is 16.9 Å². The van der Waals surface area contributed by atoms with Gasteiger partial charge in [0.1, 0.15) is 17.6 Å². The Labute approximate surface area is 196 Å². The number of carbonyl (C=O) groups is 1. The molecule has 3 aromatic carbocycles.